The molecule has 2 nitrogen and oxygen atoms in total. The van der Waals surface area contributed by atoms with Crippen molar-refractivity contribution in [2.24, 2.45) is 5.41 Å². The third-order valence-corrected chi connectivity index (χ3v) is 3.14. The Balaban J connectivity index is 2.14. The van der Waals surface area contributed by atoms with Gasteiger partial charge in [0.15, 0.2) is 0 Å². The molecule has 0 aromatic rings. The van der Waals surface area contributed by atoms with E-state index in [0.29, 0.717) is 19.5 Å². The molecule has 2 saturated heterocycles. The molecular formula is C8H14F2N2. The van der Waals surface area contributed by atoms with Gasteiger partial charge in [0.25, 0.3) is 5.92 Å². The van der Waals surface area contributed by atoms with Gasteiger partial charge in [0.05, 0.1) is 12.0 Å². The molecule has 2 aliphatic rings. The van der Waals surface area contributed by atoms with Gasteiger partial charge >= 0.3 is 0 Å². The Kier molecular flexibility index (Phi) is 1.67. The Morgan fingerprint density at radius 2 is 2.00 bits per heavy atom. The van der Waals surface area contributed by atoms with Crippen molar-refractivity contribution in [2.45, 2.75) is 12.3 Å². The standard InChI is InChI=1S/C8H14F2N2/c1-12-3-2-7(4-11-5-7)8(9,10)6-12/h11H,2-6H2,1H3. The van der Waals surface area contributed by atoms with Gasteiger partial charge in [-0.1, -0.05) is 0 Å². The van der Waals surface area contributed by atoms with Crippen molar-refractivity contribution in [1.82, 2.24) is 10.2 Å². The summed E-state index contributed by atoms with van der Waals surface area (Å²) < 4.78 is 26.9. The Hall–Kier alpha value is -0.220. The van der Waals surface area contributed by atoms with Crippen LogP contribution in [0.25, 0.3) is 0 Å². The summed E-state index contributed by atoms with van der Waals surface area (Å²) in [7, 11) is 1.76. The number of halogens is 2. The van der Waals surface area contributed by atoms with Crippen LogP contribution >= 0.6 is 0 Å². The van der Waals surface area contributed by atoms with Crippen LogP contribution in [0.15, 0.2) is 0 Å². The summed E-state index contributed by atoms with van der Waals surface area (Å²) in [4.78, 5) is 1.71. The molecule has 4 heteroatoms. The van der Waals surface area contributed by atoms with Crippen LogP contribution in [0.5, 0.6) is 0 Å². The predicted octanol–water partition coefficient (Wildman–Crippen LogP) is 0.547. The summed E-state index contributed by atoms with van der Waals surface area (Å²) in [6.07, 6.45) is 0.628. The molecule has 2 aliphatic heterocycles. The molecule has 1 spiro atoms. The SMILES string of the molecule is CN1CCC2(CNC2)C(F)(F)C1. The highest BCUT2D eigenvalue weighted by Crippen LogP contribution is 2.45. The van der Waals surface area contributed by atoms with Crippen molar-refractivity contribution in [3.8, 4) is 0 Å². The second kappa shape index (κ2) is 2.39. The number of hydrogen-bond donors (Lipinski definition) is 1. The molecule has 0 saturated carbocycles. The molecular weight excluding hydrogens is 162 g/mol. The van der Waals surface area contributed by atoms with Crippen molar-refractivity contribution in [1.29, 1.82) is 0 Å². The van der Waals surface area contributed by atoms with E-state index >= 15 is 0 Å². The van der Waals surface area contributed by atoms with Gasteiger partial charge in [0.1, 0.15) is 0 Å². The van der Waals surface area contributed by atoms with E-state index in [4.69, 9.17) is 0 Å². The molecule has 0 radical (unpaired) electrons. The first-order valence-corrected chi connectivity index (χ1v) is 4.33. The Morgan fingerprint density at radius 3 is 2.42 bits per heavy atom. The van der Waals surface area contributed by atoms with E-state index < -0.39 is 11.3 Å². The highest BCUT2D eigenvalue weighted by molar-refractivity contribution is 5.05. The highest BCUT2D eigenvalue weighted by atomic mass is 19.3. The Labute approximate surface area is 70.9 Å². The second-order valence-electron chi connectivity index (χ2n) is 4.08. The molecule has 0 bridgehead atoms. The third kappa shape index (κ3) is 0.977. The normalized spacial score (nSPS) is 33.2. The van der Waals surface area contributed by atoms with Gasteiger partial charge in [-0.05, 0) is 20.0 Å². The smallest absolute Gasteiger partial charge is 0.268 e. The number of rotatable bonds is 0. The maximum Gasteiger partial charge on any atom is 0.268 e. The maximum absolute atomic E-state index is 13.5. The van der Waals surface area contributed by atoms with E-state index in [1.54, 1.807) is 11.9 Å². The lowest BCUT2D eigenvalue weighted by Gasteiger charge is -2.52. The largest absolute Gasteiger partial charge is 0.315 e. The molecule has 0 aromatic heterocycles. The van der Waals surface area contributed by atoms with Gasteiger partial charge in [0.2, 0.25) is 0 Å². The fraction of sp³-hybridized carbons (Fsp3) is 1.00. The third-order valence-electron chi connectivity index (χ3n) is 3.14. The first kappa shape index (κ1) is 8.38. The average molecular weight is 176 g/mol. The van der Waals surface area contributed by atoms with Crippen LogP contribution in [0.3, 0.4) is 0 Å². The summed E-state index contributed by atoms with van der Waals surface area (Å²) >= 11 is 0. The van der Waals surface area contributed by atoms with Crippen LogP contribution in [0.4, 0.5) is 8.78 Å². The zero-order chi connectivity index (χ0) is 8.82. The minimum Gasteiger partial charge on any atom is -0.315 e. The summed E-state index contributed by atoms with van der Waals surface area (Å²) in [5, 5.41) is 2.94. The van der Waals surface area contributed by atoms with Gasteiger partial charge in [-0.3, -0.25) is 0 Å². The van der Waals surface area contributed by atoms with Crippen molar-refractivity contribution in [3.63, 3.8) is 0 Å². The monoisotopic (exact) mass is 176 g/mol. The molecule has 0 amide bonds. The van der Waals surface area contributed by atoms with Crippen LogP contribution in [-0.4, -0.2) is 44.0 Å². The van der Waals surface area contributed by atoms with Crippen LogP contribution in [0.1, 0.15) is 6.42 Å². The molecule has 0 aromatic carbocycles. The molecule has 0 unspecified atom stereocenters. The van der Waals surface area contributed by atoms with Crippen LogP contribution in [0.2, 0.25) is 0 Å². The van der Waals surface area contributed by atoms with Gasteiger partial charge < -0.3 is 10.2 Å². The number of likely N-dealkylation sites (tertiary alicyclic amines) is 1. The minimum absolute atomic E-state index is 0.0747. The average Bonchev–Trinajstić information content (AvgIpc) is 1.80. The summed E-state index contributed by atoms with van der Waals surface area (Å²) in [6, 6.07) is 0. The van der Waals surface area contributed by atoms with Crippen molar-refractivity contribution in [3.05, 3.63) is 0 Å². The van der Waals surface area contributed by atoms with E-state index in [0.717, 1.165) is 6.54 Å². The van der Waals surface area contributed by atoms with Crippen molar-refractivity contribution in [2.75, 3.05) is 33.2 Å². The van der Waals surface area contributed by atoms with Gasteiger partial charge in [0, 0.05) is 13.1 Å². The molecule has 1 N–H and O–H groups in total. The first-order valence-electron chi connectivity index (χ1n) is 4.33. The lowest BCUT2D eigenvalue weighted by molar-refractivity contribution is -0.185. The molecule has 2 fully saturated rings. The van der Waals surface area contributed by atoms with Gasteiger partial charge in [-0.25, -0.2) is 8.78 Å². The van der Waals surface area contributed by atoms with Crippen molar-refractivity contribution < 1.29 is 8.78 Å². The van der Waals surface area contributed by atoms with E-state index in [1.165, 1.54) is 0 Å². The minimum atomic E-state index is -2.49. The number of nitrogens with zero attached hydrogens (tertiary/aromatic N) is 1. The molecule has 0 atom stereocenters. The van der Waals surface area contributed by atoms with E-state index in [-0.39, 0.29) is 6.54 Å². The number of alkyl halides is 2. The fourth-order valence-electron chi connectivity index (χ4n) is 2.04. The quantitative estimate of drug-likeness (QED) is 0.579. The van der Waals surface area contributed by atoms with E-state index in [1.807, 2.05) is 0 Å². The molecule has 70 valence electrons. The van der Waals surface area contributed by atoms with Crippen LogP contribution < -0.4 is 5.32 Å². The second-order valence-corrected chi connectivity index (χ2v) is 4.08. The van der Waals surface area contributed by atoms with Crippen molar-refractivity contribution >= 4 is 0 Å². The Morgan fingerprint density at radius 1 is 1.33 bits per heavy atom. The fourth-order valence-corrected chi connectivity index (χ4v) is 2.04. The molecule has 2 rings (SSSR count). The lowest BCUT2D eigenvalue weighted by Crippen LogP contribution is -2.68. The lowest BCUT2D eigenvalue weighted by atomic mass is 9.70. The first-order chi connectivity index (χ1) is 5.56. The zero-order valence-electron chi connectivity index (χ0n) is 7.24. The topological polar surface area (TPSA) is 15.3 Å². The summed E-state index contributed by atoms with van der Waals surface area (Å²) in [5.74, 6) is -2.49. The zero-order valence-corrected chi connectivity index (χ0v) is 7.24. The van der Waals surface area contributed by atoms with Gasteiger partial charge in [-0.15, -0.1) is 0 Å². The van der Waals surface area contributed by atoms with E-state index in [2.05, 4.69) is 5.32 Å². The van der Waals surface area contributed by atoms with Crippen LogP contribution in [-0.2, 0) is 0 Å². The summed E-state index contributed by atoms with van der Waals surface area (Å²) in [6.45, 7) is 1.72. The van der Waals surface area contributed by atoms with Gasteiger partial charge in [-0.2, -0.15) is 0 Å². The predicted molar refractivity (Wildman–Crippen MR) is 42.4 cm³/mol. The molecule has 2 heterocycles. The van der Waals surface area contributed by atoms with E-state index in [9.17, 15) is 8.78 Å². The Bertz CT molecular complexity index is 189. The number of nitrogens with one attached hydrogen (secondary N) is 1. The molecule has 12 heavy (non-hydrogen) atoms. The van der Waals surface area contributed by atoms with Crippen LogP contribution in [0, 0.1) is 5.41 Å². The number of piperidine rings is 1. The maximum atomic E-state index is 13.5. The summed E-state index contributed by atoms with van der Waals surface area (Å²) in [5.41, 5.74) is -0.709. The highest BCUT2D eigenvalue weighted by Gasteiger charge is 2.59. The number of hydrogen-bond acceptors (Lipinski definition) is 2. The molecule has 0 aliphatic carbocycles.